The van der Waals surface area contributed by atoms with Gasteiger partial charge in [-0.1, -0.05) is 18.2 Å². The second kappa shape index (κ2) is 4.41. The van der Waals surface area contributed by atoms with Crippen molar-refractivity contribution in [2.75, 3.05) is 20.6 Å². The summed E-state index contributed by atoms with van der Waals surface area (Å²) < 4.78 is 0. The summed E-state index contributed by atoms with van der Waals surface area (Å²) in [6.07, 6.45) is 2.98. The van der Waals surface area contributed by atoms with E-state index < -0.39 is 0 Å². The Labute approximate surface area is 90.6 Å². The van der Waals surface area contributed by atoms with Crippen molar-refractivity contribution in [3.05, 3.63) is 42.1 Å². The average molecular weight is 200 g/mol. The van der Waals surface area contributed by atoms with E-state index >= 15 is 0 Å². The van der Waals surface area contributed by atoms with E-state index in [-0.39, 0.29) is 0 Å². The van der Waals surface area contributed by atoms with Crippen molar-refractivity contribution in [2.24, 2.45) is 0 Å². The summed E-state index contributed by atoms with van der Waals surface area (Å²) >= 11 is 0. The molecule has 0 radical (unpaired) electrons. The quantitative estimate of drug-likeness (QED) is 0.756. The molecule has 0 saturated heterocycles. The lowest BCUT2D eigenvalue weighted by Gasteiger charge is -2.10. The molecule has 2 rings (SSSR count). The van der Waals surface area contributed by atoms with E-state index in [0.717, 1.165) is 18.5 Å². The van der Waals surface area contributed by atoms with Crippen LogP contribution in [0, 0.1) is 0 Å². The van der Waals surface area contributed by atoms with Crippen molar-refractivity contribution in [1.29, 1.82) is 0 Å². The SMILES string of the molecule is CN(C)CCc1ccnc2ccccc12. The predicted molar refractivity (Wildman–Crippen MR) is 64.0 cm³/mol. The maximum absolute atomic E-state index is 4.36. The van der Waals surface area contributed by atoms with Gasteiger partial charge in [-0.15, -0.1) is 0 Å². The van der Waals surface area contributed by atoms with Crippen LogP contribution >= 0.6 is 0 Å². The van der Waals surface area contributed by atoms with Crippen LogP contribution in [0.25, 0.3) is 10.9 Å². The maximum atomic E-state index is 4.36. The second-order valence-corrected chi connectivity index (χ2v) is 4.04. The predicted octanol–water partition coefficient (Wildman–Crippen LogP) is 2.34. The minimum absolute atomic E-state index is 1.08. The fourth-order valence-electron chi connectivity index (χ4n) is 1.72. The molecule has 0 amide bonds. The highest BCUT2D eigenvalue weighted by Crippen LogP contribution is 2.16. The van der Waals surface area contributed by atoms with Crippen LogP contribution in [0.2, 0.25) is 0 Å². The average Bonchev–Trinajstić information content (AvgIpc) is 2.26. The first-order valence-electron chi connectivity index (χ1n) is 5.25. The molecule has 0 spiro atoms. The molecule has 0 aliphatic heterocycles. The Bertz CT molecular complexity index is 444. The van der Waals surface area contributed by atoms with E-state index in [1.165, 1.54) is 10.9 Å². The molecule has 0 atom stereocenters. The molecule has 1 aromatic carbocycles. The van der Waals surface area contributed by atoms with Gasteiger partial charge in [-0.2, -0.15) is 0 Å². The molecule has 1 aromatic heterocycles. The Morgan fingerprint density at radius 2 is 1.93 bits per heavy atom. The third-order valence-electron chi connectivity index (χ3n) is 2.57. The van der Waals surface area contributed by atoms with Gasteiger partial charge in [0.25, 0.3) is 0 Å². The lowest BCUT2D eigenvalue weighted by molar-refractivity contribution is 0.414. The van der Waals surface area contributed by atoms with Gasteiger partial charge < -0.3 is 4.90 Å². The molecule has 0 bridgehead atoms. The number of benzene rings is 1. The van der Waals surface area contributed by atoms with Crippen molar-refractivity contribution >= 4 is 10.9 Å². The van der Waals surface area contributed by atoms with Gasteiger partial charge in [-0.05, 0) is 38.2 Å². The number of hydrogen-bond donors (Lipinski definition) is 0. The highest BCUT2D eigenvalue weighted by molar-refractivity contribution is 5.81. The molecular weight excluding hydrogens is 184 g/mol. The number of rotatable bonds is 3. The van der Waals surface area contributed by atoms with Crippen molar-refractivity contribution in [2.45, 2.75) is 6.42 Å². The van der Waals surface area contributed by atoms with E-state index in [9.17, 15) is 0 Å². The molecular formula is C13H16N2. The van der Waals surface area contributed by atoms with Crippen molar-refractivity contribution in [3.8, 4) is 0 Å². The van der Waals surface area contributed by atoms with Gasteiger partial charge in [0.05, 0.1) is 5.52 Å². The van der Waals surface area contributed by atoms with Crippen LogP contribution in [0.5, 0.6) is 0 Å². The Balaban J connectivity index is 2.34. The van der Waals surface area contributed by atoms with Gasteiger partial charge in [0.2, 0.25) is 0 Å². The lowest BCUT2D eigenvalue weighted by Crippen LogP contribution is -2.15. The van der Waals surface area contributed by atoms with Crippen molar-refractivity contribution in [1.82, 2.24) is 9.88 Å². The van der Waals surface area contributed by atoms with Crippen LogP contribution in [-0.4, -0.2) is 30.5 Å². The van der Waals surface area contributed by atoms with Crippen LogP contribution in [0.3, 0.4) is 0 Å². The third kappa shape index (κ3) is 2.34. The number of hydrogen-bond acceptors (Lipinski definition) is 2. The molecule has 0 aliphatic carbocycles. The first-order chi connectivity index (χ1) is 7.27. The number of likely N-dealkylation sites (N-methyl/N-ethyl adjacent to an activating group) is 1. The fourth-order valence-corrected chi connectivity index (χ4v) is 1.72. The normalized spacial score (nSPS) is 11.1. The zero-order valence-electron chi connectivity index (χ0n) is 9.27. The number of pyridine rings is 1. The van der Waals surface area contributed by atoms with Gasteiger partial charge in [-0.3, -0.25) is 4.98 Å². The third-order valence-corrected chi connectivity index (χ3v) is 2.57. The second-order valence-electron chi connectivity index (χ2n) is 4.04. The summed E-state index contributed by atoms with van der Waals surface area (Å²) in [5.74, 6) is 0. The lowest BCUT2D eigenvalue weighted by atomic mass is 10.1. The highest BCUT2D eigenvalue weighted by atomic mass is 15.0. The van der Waals surface area contributed by atoms with Crippen LogP contribution in [0.4, 0.5) is 0 Å². The Hall–Kier alpha value is -1.41. The van der Waals surface area contributed by atoms with Crippen molar-refractivity contribution in [3.63, 3.8) is 0 Å². The Morgan fingerprint density at radius 1 is 1.13 bits per heavy atom. The van der Waals surface area contributed by atoms with Crippen LogP contribution < -0.4 is 0 Å². The van der Waals surface area contributed by atoms with E-state index in [4.69, 9.17) is 0 Å². The topological polar surface area (TPSA) is 16.1 Å². The highest BCUT2D eigenvalue weighted by Gasteiger charge is 2.01. The van der Waals surface area contributed by atoms with Crippen molar-refractivity contribution < 1.29 is 0 Å². The molecule has 15 heavy (non-hydrogen) atoms. The Kier molecular flexibility index (Phi) is 2.97. The fraction of sp³-hybridized carbons (Fsp3) is 0.308. The number of para-hydroxylation sites is 1. The van der Waals surface area contributed by atoms with Crippen LogP contribution in [-0.2, 0) is 6.42 Å². The Morgan fingerprint density at radius 3 is 2.73 bits per heavy atom. The molecule has 0 saturated carbocycles. The first kappa shape index (κ1) is 10.1. The monoisotopic (exact) mass is 200 g/mol. The first-order valence-corrected chi connectivity index (χ1v) is 5.25. The van der Waals surface area contributed by atoms with Crippen LogP contribution in [0.1, 0.15) is 5.56 Å². The van der Waals surface area contributed by atoms with Gasteiger partial charge in [0, 0.05) is 18.1 Å². The smallest absolute Gasteiger partial charge is 0.0704 e. The zero-order valence-corrected chi connectivity index (χ0v) is 9.27. The van der Waals surface area contributed by atoms with E-state index in [1.54, 1.807) is 0 Å². The number of nitrogens with zero attached hydrogens (tertiary/aromatic N) is 2. The van der Waals surface area contributed by atoms with Gasteiger partial charge in [-0.25, -0.2) is 0 Å². The zero-order chi connectivity index (χ0) is 10.7. The summed E-state index contributed by atoms with van der Waals surface area (Å²) in [5, 5.41) is 1.28. The van der Waals surface area contributed by atoms with E-state index in [1.807, 2.05) is 12.3 Å². The van der Waals surface area contributed by atoms with E-state index in [0.29, 0.717) is 0 Å². The molecule has 0 N–H and O–H groups in total. The molecule has 2 nitrogen and oxygen atoms in total. The van der Waals surface area contributed by atoms with Gasteiger partial charge in [0.15, 0.2) is 0 Å². The molecule has 2 aromatic rings. The van der Waals surface area contributed by atoms with Gasteiger partial charge >= 0.3 is 0 Å². The number of aromatic nitrogens is 1. The van der Waals surface area contributed by atoms with Crippen LogP contribution in [0.15, 0.2) is 36.5 Å². The molecule has 0 aliphatic rings. The molecule has 2 heteroatoms. The van der Waals surface area contributed by atoms with E-state index in [2.05, 4.69) is 48.2 Å². The summed E-state index contributed by atoms with van der Waals surface area (Å²) in [6, 6.07) is 10.4. The summed E-state index contributed by atoms with van der Waals surface area (Å²) in [6.45, 7) is 1.08. The molecule has 78 valence electrons. The number of fused-ring (bicyclic) bond motifs is 1. The summed E-state index contributed by atoms with van der Waals surface area (Å²) in [4.78, 5) is 6.56. The largest absolute Gasteiger partial charge is 0.309 e. The summed E-state index contributed by atoms with van der Waals surface area (Å²) in [5.41, 5.74) is 2.48. The standard InChI is InChI=1S/C13H16N2/c1-15(2)10-8-11-7-9-14-13-6-4-3-5-12(11)13/h3-7,9H,8,10H2,1-2H3. The minimum atomic E-state index is 1.08. The maximum Gasteiger partial charge on any atom is 0.0704 e. The molecule has 1 heterocycles. The summed E-state index contributed by atoms with van der Waals surface area (Å²) in [7, 11) is 4.20. The molecule has 0 unspecified atom stereocenters. The molecule has 0 fully saturated rings. The minimum Gasteiger partial charge on any atom is -0.309 e. The van der Waals surface area contributed by atoms with Gasteiger partial charge in [0.1, 0.15) is 0 Å².